The predicted molar refractivity (Wildman–Crippen MR) is 73.7 cm³/mol. The zero-order valence-corrected chi connectivity index (χ0v) is 12.3. The van der Waals surface area contributed by atoms with Gasteiger partial charge in [0.15, 0.2) is 5.03 Å². The van der Waals surface area contributed by atoms with E-state index in [0.29, 0.717) is 11.3 Å². The van der Waals surface area contributed by atoms with Gasteiger partial charge in [0, 0.05) is 6.04 Å². The molecule has 1 aromatic carbocycles. The van der Waals surface area contributed by atoms with Crippen LogP contribution >= 0.6 is 0 Å². The van der Waals surface area contributed by atoms with Crippen molar-refractivity contribution in [2.75, 3.05) is 0 Å². The molecule has 0 radical (unpaired) electrons. The summed E-state index contributed by atoms with van der Waals surface area (Å²) in [7, 11) is -3.69. The van der Waals surface area contributed by atoms with E-state index in [1.165, 1.54) is 23.0 Å². The van der Waals surface area contributed by atoms with E-state index in [9.17, 15) is 12.8 Å². The number of benzene rings is 1. The van der Waals surface area contributed by atoms with Crippen LogP contribution in [0.25, 0.3) is 5.69 Å². The summed E-state index contributed by atoms with van der Waals surface area (Å²) in [5.41, 5.74) is 0.854. The Labute approximate surface area is 117 Å². The van der Waals surface area contributed by atoms with Crippen LogP contribution in [0.3, 0.4) is 0 Å². The second-order valence-corrected chi connectivity index (χ2v) is 6.45. The summed E-state index contributed by atoms with van der Waals surface area (Å²) in [5, 5.41) is 3.94. The van der Waals surface area contributed by atoms with Crippen LogP contribution < -0.4 is 4.72 Å². The van der Waals surface area contributed by atoms with Gasteiger partial charge in [0.2, 0.25) is 0 Å². The summed E-state index contributed by atoms with van der Waals surface area (Å²) in [5.74, 6) is -0.404. The van der Waals surface area contributed by atoms with E-state index in [1.807, 2.05) is 0 Å². The maximum absolute atomic E-state index is 13.6. The van der Waals surface area contributed by atoms with Crippen molar-refractivity contribution in [3.05, 3.63) is 41.8 Å². The van der Waals surface area contributed by atoms with Crippen LogP contribution in [-0.2, 0) is 10.0 Å². The summed E-state index contributed by atoms with van der Waals surface area (Å²) in [4.78, 5) is 0. The Hall–Kier alpha value is -1.73. The van der Waals surface area contributed by atoms with Gasteiger partial charge in [0.1, 0.15) is 5.82 Å². The average molecular weight is 297 g/mol. The second-order valence-electron chi connectivity index (χ2n) is 4.79. The fourth-order valence-electron chi connectivity index (χ4n) is 1.77. The van der Waals surface area contributed by atoms with E-state index in [1.54, 1.807) is 32.9 Å². The van der Waals surface area contributed by atoms with Crippen molar-refractivity contribution >= 4 is 10.0 Å². The number of sulfonamides is 1. The minimum Gasteiger partial charge on any atom is -0.221 e. The molecule has 0 spiro atoms. The maximum Gasteiger partial charge on any atom is 0.258 e. The molecule has 0 atom stereocenters. The van der Waals surface area contributed by atoms with Crippen LogP contribution in [0.4, 0.5) is 4.39 Å². The van der Waals surface area contributed by atoms with Gasteiger partial charge >= 0.3 is 0 Å². The molecule has 2 aromatic rings. The van der Waals surface area contributed by atoms with Crippen LogP contribution in [0.5, 0.6) is 0 Å². The highest BCUT2D eigenvalue weighted by molar-refractivity contribution is 7.89. The Balaban J connectivity index is 2.50. The third kappa shape index (κ3) is 2.88. The molecule has 0 bridgehead atoms. The van der Waals surface area contributed by atoms with Gasteiger partial charge < -0.3 is 0 Å². The third-order valence-electron chi connectivity index (χ3n) is 2.67. The normalized spacial score (nSPS) is 12.1. The molecule has 0 saturated heterocycles. The van der Waals surface area contributed by atoms with Crippen molar-refractivity contribution in [3.63, 3.8) is 0 Å². The van der Waals surface area contributed by atoms with E-state index >= 15 is 0 Å². The van der Waals surface area contributed by atoms with Crippen molar-refractivity contribution in [1.82, 2.24) is 14.5 Å². The monoisotopic (exact) mass is 297 g/mol. The molecule has 1 heterocycles. The molecule has 0 aliphatic carbocycles. The molecule has 0 unspecified atom stereocenters. The number of aromatic nitrogens is 2. The molecule has 5 nitrogen and oxygen atoms in total. The summed E-state index contributed by atoms with van der Waals surface area (Å²) < 4.78 is 41.6. The molecule has 2 rings (SSSR count). The Morgan fingerprint density at radius 2 is 2.00 bits per heavy atom. The number of nitrogens with zero attached hydrogens (tertiary/aromatic N) is 2. The highest BCUT2D eigenvalue weighted by atomic mass is 32.2. The first-order chi connectivity index (χ1) is 9.31. The van der Waals surface area contributed by atoms with Crippen LogP contribution in [0.1, 0.15) is 19.4 Å². The average Bonchev–Trinajstić information content (AvgIpc) is 2.81. The summed E-state index contributed by atoms with van der Waals surface area (Å²) in [6.07, 6.45) is 1.37. The molecule has 0 aliphatic heterocycles. The number of hydrogen-bond donors (Lipinski definition) is 1. The molecule has 0 aliphatic rings. The minimum absolute atomic E-state index is 0.0190. The topological polar surface area (TPSA) is 64.0 Å². The van der Waals surface area contributed by atoms with Crippen molar-refractivity contribution in [2.45, 2.75) is 31.8 Å². The Kier molecular flexibility index (Phi) is 3.92. The van der Waals surface area contributed by atoms with Gasteiger partial charge in [-0.1, -0.05) is 6.07 Å². The molecule has 0 amide bonds. The van der Waals surface area contributed by atoms with E-state index in [2.05, 4.69) is 9.82 Å². The predicted octanol–water partition coefficient (Wildman–Crippen LogP) is 2.01. The van der Waals surface area contributed by atoms with Crippen molar-refractivity contribution in [3.8, 4) is 5.69 Å². The summed E-state index contributed by atoms with van der Waals surface area (Å²) in [6, 6.07) is 5.61. The summed E-state index contributed by atoms with van der Waals surface area (Å²) >= 11 is 0. The van der Waals surface area contributed by atoms with E-state index in [-0.39, 0.29) is 11.1 Å². The lowest BCUT2D eigenvalue weighted by Gasteiger charge is -2.12. The van der Waals surface area contributed by atoms with E-state index in [4.69, 9.17) is 0 Å². The number of hydrogen-bond acceptors (Lipinski definition) is 3. The third-order valence-corrected chi connectivity index (χ3v) is 4.32. The number of aryl methyl sites for hydroxylation is 1. The first kappa shape index (κ1) is 14.7. The largest absolute Gasteiger partial charge is 0.258 e. The molecule has 7 heteroatoms. The molecular weight excluding hydrogens is 281 g/mol. The second kappa shape index (κ2) is 5.34. The van der Waals surface area contributed by atoms with Gasteiger partial charge in [-0.05, 0) is 44.5 Å². The van der Waals surface area contributed by atoms with Gasteiger partial charge in [-0.15, -0.1) is 0 Å². The zero-order valence-electron chi connectivity index (χ0n) is 11.5. The number of rotatable bonds is 4. The molecule has 0 saturated carbocycles. The van der Waals surface area contributed by atoms with E-state index < -0.39 is 15.8 Å². The van der Waals surface area contributed by atoms with Crippen molar-refractivity contribution < 1.29 is 12.8 Å². The Morgan fingerprint density at radius 3 is 2.60 bits per heavy atom. The quantitative estimate of drug-likeness (QED) is 0.939. The molecule has 1 aromatic heterocycles. The molecule has 20 heavy (non-hydrogen) atoms. The summed E-state index contributed by atoms with van der Waals surface area (Å²) in [6.45, 7) is 5.09. The standard InChI is InChI=1S/C13H16FN3O2S/c1-9(2)16-20(18,19)13-6-7-15-17(13)11-5-4-10(3)12(14)8-11/h4-9,16H,1-3H3. The lowest BCUT2D eigenvalue weighted by atomic mass is 10.2. The SMILES string of the molecule is Cc1ccc(-n2nccc2S(=O)(=O)NC(C)C)cc1F. The Bertz CT molecular complexity index is 723. The molecular formula is C13H16FN3O2S. The van der Waals surface area contributed by atoms with Crippen molar-refractivity contribution in [1.29, 1.82) is 0 Å². The Morgan fingerprint density at radius 1 is 1.30 bits per heavy atom. The van der Waals surface area contributed by atoms with Gasteiger partial charge in [-0.2, -0.15) is 5.10 Å². The highest BCUT2D eigenvalue weighted by Crippen LogP contribution is 2.18. The zero-order chi connectivity index (χ0) is 14.9. The lowest BCUT2D eigenvalue weighted by molar-refractivity contribution is 0.559. The van der Waals surface area contributed by atoms with Gasteiger partial charge in [0.05, 0.1) is 11.9 Å². The number of halogens is 1. The highest BCUT2D eigenvalue weighted by Gasteiger charge is 2.21. The fourth-order valence-corrected chi connectivity index (χ4v) is 3.13. The molecule has 108 valence electrons. The first-order valence-electron chi connectivity index (χ1n) is 6.14. The minimum atomic E-state index is -3.69. The van der Waals surface area contributed by atoms with Gasteiger partial charge in [-0.3, -0.25) is 0 Å². The van der Waals surface area contributed by atoms with E-state index in [0.717, 1.165) is 0 Å². The van der Waals surface area contributed by atoms with Crippen LogP contribution in [-0.4, -0.2) is 24.2 Å². The van der Waals surface area contributed by atoms with Crippen LogP contribution in [0.15, 0.2) is 35.5 Å². The fraction of sp³-hybridized carbons (Fsp3) is 0.308. The number of nitrogens with one attached hydrogen (secondary N) is 1. The molecule has 1 N–H and O–H groups in total. The van der Waals surface area contributed by atoms with Crippen molar-refractivity contribution in [2.24, 2.45) is 0 Å². The first-order valence-corrected chi connectivity index (χ1v) is 7.62. The maximum atomic E-state index is 13.6. The van der Waals surface area contributed by atoms with Crippen LogP contribution in [0, 0.1) is 12.7 Å². The molecule has 0 fully saturated rings. The van der Waals surface area contributed by atoms with Gasteiger partial charge in [-0.25, -0.2) is 22.2 Å². The smallest absolute Gasteiger partial charge is 0.221 e. The van der Waals surface area contributed by atoms with Gasteiger partial charge in [0.25, 0.3) is 10.0 Å². The lowest BCUT2D eigenvalue weighted by Crippen LogP contribution is -2.31. The van der Waals surface area contributed by atoms with Crippen LogP contribution in [0.2, 0.25) is 0 Å².